The molecule has 2 nitrogen and oxygen atoms in total. The van der Waals surface area contributed by atoms with Crippen LogP contribution in [0.4, 0.5) is 22.0 Å². The standard InChI is InChI=1S/C9H4F5NO/c10-6-1-5(3-15)2-7(11)8(6)16-4-9(12,13)14/h1-2H,4H2. The first-order valence-corrected chi connectivity index (χ1v) is 3.92. The third-order valence-corrected chi connectivity index (χ3v) is 1.51. The minimum Gasteiger partial charge on any atom is -0.478 e. The zero-order chi connectivity index (χ0) is 12.3. The van der Waals surface area contributed by atoms with E-state index in [1.165, 1.54) is 6.07 Å². The van der Waals surface area contributed by atoms with Crippen molar-refractivity contribution < 1.29 is 26.7 Å². The summed E-state index contributed by atoms with van der Waals surface area (Å²) in [4.78, 5) is 0. The second kappa shape index (κ2) is 4.35. The lowest BCUT2D eigenvalue weighted by Gasteiger charge is -2.10. The maximum absolute atomic E-state index is 13.0. The second-order valence-corrected chi connectivity index (χ2v) is 2.78. The van der Waals surface area contributed by atoms with E-state index in [0.29, 0.717) is 12.1 Å². The first-order chi connectivity index (χ1) is 7.33. The number of hydrogen-bond donors (Lipinski definition) is 0. The van der Waals surface area contributed by atoms with E-state index >= 15 is 0 Å². The molecule has 0 aromatic heterocycles. The minimum absolute atomic E-state index is 0.339. The molecule has 7 heteroatoms. The van der Waals surface area contributed by atoms with Crippen molar-refractivity contribution in [2.75, 3.05) is 6.61 Å². The Labute approximate surface area is 86.9 Å². The lowest BCUT2D eigenvalue weighted by Crippen LogP contribution is -2.20. The summed E-state index contributed by atoms with van der Waals surface area (Å²) in [5.74, 6) is -3.84. The summed E-state index contributed by atoms with van der Waals surface area (Å²) in [6.07, 6.45) is -4.69. The van der Waals surface area contributed by atoms with E-state index in [1.54, 1.807) is 0 Å². The van der Waals surface area contributed by atoms with Gasteiger partial charge in [0.05, 0.1) is 11.6 Å². The molecule has 0 bridgehead atoms. The third-order valence-electron chi connectivity index (χ3n) is 1.51. The Bertz CT molecular complexity index is 412. The highest BCUT2D eigenvalue weighted by Gasteiger charge is 2.29. The normalized spacial score (nSPS) is 11.0. The predicted molar refractivity (Wildman–Crippen MR) is 42.6 cm³/mol. The highest BCUT2D eigenvalue weighted by Crippen LogP contribution is 2.25. The minimum atomic E-state index is -4.69. The molecule has 0 N–H and O–H groups in total. The van der Waals surface area contributed by atoms with E-state index in [1.807, 2.05) is 0 Å². The van der Waals surface area contributed by atoms with Crippen molar-refractivity contribution in [3.63, 3.8) is 0 Å². The predicted octanol–water partition coefficient (Wildman–Crippen LogP) is 2.78. The van der Waals surface area contributed by atoms with Gasteiger partial charge in [0.1, 0.15) is 0 Å². The quantitative estimate of drug-likeness (QED) is 0.741. The highest BCUT2D eigenvalue weighted by atomic mass is 19.4. The fraction of sp³-hybridized carbons (Fsp3) is 0.222. The molecular weight excluding hydrogens is 233 g/mol. The molecule has 0 aliphatic heterocycles. The van der Waals surface area contributed by atoms with Gasteiger partial charge in [0.25, 0.3) is 0 Å². The summed E-state index contributed by atoms with van der Waals surface area (Å²) in [6.45, 7) is -1.80. The van der Waals surface area contributed by atoms with Gasteiger partial charge in [-0.05, 0) is 12.1 Å². The van der Waals surface area contributed by atoms with E-state index in [-0.39, 0.29) is 5.56 Å². The van der Waals surface area contributed by atoms with Crippen molar-refractivity contribution >= 4 is 0 Å². The van der Waals surface area contributed by atoms with E-state index < -0.39 is 30.2 Å². The summed E-state index contributed by atoms with van der Waals surface area (Å²) in [5, 5.41) is 8.33. The third kappa shape index (κ3) is 3.08. The number of hydrogen-bond acceptors (Lipinski definition) is 2. The van der Waals surface area contributed by atoms with Gasteiger partial charge < -0.3 is 4.74 Å². The van der Waals surface area contributed by atoms with Crippen LogP contribution in [0.25, 0.3) is 0 Å². The Morgan fingerprint density at radius 1 is 1.19 bits per heavy atom. The molecule has 0 heterocycles. The Morgan fingerprint density at radius 2 is 1.69 bits per heavy atom. The van der Waals surface area contributed by atoms with Crippen molar-refractivity contribution in [2.24, 2.45) is 0 Å². The van der Waals surface area contributed by atoms with Crippen LogP contribution in [0.15, 0.2) is 12.1 Å². The SMILES string of the molecule is N#Cc1cc(F)c(OCC(F)(F)F)c(F)c1. The molecule has 0 radical (unpaired) electrons. The van der Waals surface area contributed by atoms with Crippen molar-refractivity contribution in [3.8, 4) is 11.8 Å². The van der Waals surface area contributed by atoms with Crippen LogP contribution >= 0.6 is 0 Å². The summed E-state index contributed by atoms with van der Waals surface area (Å²) in [6, 6.07) is 2.63. The van der Waals surface area contributed by atoms with Crippen LogP contribution in [0.3, 0.4) is 0 Å². The number of nitriles is 1. The molecule has 1 aromatic rings. The second-order valence-electron chi connectivity index (χ2n) is 2.78. The first-order valence-electron chi connectivity index (χ1n) is 3.92. The van der Waals surface area contributed by atoms with Gasteiger partial charge in [0.15, 0.2) is 24.0 Å². The average molecular weight is 237 g/mol. The fourth-order valence-corrected chi connectivity index (χ4v) is 0.916. The van der Waals surface area contributed by atoms with Crippen LogP contribution in [-0.2, 0) is 0 Å². The molecule has 0 unspecified atom stereocenters. The maximum atomic E-state index is 13.0. The van der Waals surface area contributed by atoms with Crippen molar-refractivity contribution in [1.82, 2.24) is 0 Å². The Hall–Kier alpha value is -1.84. The molecular formula is C9H4F5NO. The Balaban J connectivity index is 2.94. The van der Waals surface area contributed by atoms with Crippen molar-refractivity contribution in [3.05, 3.63) is 29.3 Å². The molecule has 0 spiro atoms. The number of nitrogens with zero attached hydrogens (tertiary/aromatic N) is 1. The zero-order valence-corrected chi connectivity index (χ0v) is 7.61. The molecule has 16 heavy (non-hydrogen) atoms. The molecule has 0 fully saturated rings. The summed E-state index contributed by atoms with van der Waals surface area (Å²) < 4.78 is 65.1. The Kier molecular flexibility index (Phi) is 3.32. The van der Waals surface area contributed by atoms with E-state index in [0.717, 1.165) is 0 Å². The molecule has 0 atom stereocenters. The van der Waals surface area contributed by atoms with Crippen LogP contribution in [0.2, 0.25) is 0 Å². The number of rotatable bonds is 2. The number of alkyl halides is 3. The Morgan fingerprint density at radius 3 is 2.06 bits per heavy atom. The van der Waals surface area contributed by atoms with Crippen LogP contribution in [0.1, 0.15) is 5.56 Å². The van der Waals surface area contributed by atoms with Gasteiger partial charge in [0.2, 0.25) is 0 Å². The average Bonchev–Trinajstić information content (AvgIpc) is 2.14. The molecule has 0 saturated carbocycles. The van der Waals surface area contributed by atoms with Crippen LogP contribution in [0, 0.1) is 23.0 Å². The maximum Gasteiger partial charge on any atom is 0.422 e. The van der Waals surface area contributed by atoms with Crippen molar-refractivity contribution in [2.45, 2.75) is 6.18 Å². The van der Waals surface area contributed by atoms with Crippen LogP contribution in [-0.4, -0.2) is 12.8 Å². The van der Waals surface area contributed by atoms with Crippen LogP contribution in [0.5, 0.6) is 5.75 Å². The molecule has 86 valence electrons. The zero-order valence-electron chi connectivity index (χ0n) is 7.61. The van der Waals surface area contributed by atoms with E-state index in [2.05, 4.69) is 4.74 Å². The van der Waals surface area contributed by atoms with Gasteiger partial charge in [-0.15, -0.1) is 0 Å². The summed E-state index contributed by atoms with van der Waals surface area (Å²) in [5.41, 5.74) is -0.339. The molecule has 0 amide bonds. The smallest absolute Gasteiger partial charge is 0.422 e. The van der Waals surface area contributed by atoms with Gasteiger partial charge in [0, 0.05) is 0 Å². The topological polar surface area (TPSA) is 33.0 Å². The van der Waals surface area contributed by atoms with Gasteiger partial charge >= 0.3 is 6.18 Å². The molecule has 0 aliphatic carbocycles. The van der Waals surface area contributed by atoms with Gasteiger partial charge in [-0.25, -0.2) is 8.78 Å². The number of halogens is 5. The van der Waals surface area contributed by atoms with E-state index in [9.17, 15) is 22.0 Å². The lowest BCUT2D eigenvalue weighted by molar-refractivity contribution is -0.154. The van der Waals surface area contributed by atoms with Gasteiger partial charge in [-0.1, -0.05) is 0 Å². The van der Waals surface area contributed by atoms with Crippen molar-refractivity contribution in [1.29, 1.82) is 5.26 Å². The molecule has 0 aliphatic rings. The molecule has 1 aromatic carbocycles. The first kappa shape index (κ1) is 12.2. The highest BCUT2D eigenvalue weighted by molar-refractivity contribution is 5.37. The molecule has 0 saturated heterocycles. The monoisotopic (exact) mass is 237 g/mol. The van der Waals surface area contributed by atoms with Gasteiger partial charge in [-0.3, -0.25) is 0 Å². The van der Waals surface area contributed by atoms with Gasteiger partial charge in [-0.2, -0.15) is 18.4 Å². The number of ether oxygens (including phenoxy) is 1. The number of benzene rings is 1. The van der Waals surface area contributed by atoms with E-state index in [4.69, 9.17) is 5.26 Å². The molecule has 1 rings (SSSR count). The summed E-state index contributed by atoms with van der Waals surface area (Å²) >= 11 is 0. The lowest BCUT2D eigenvalue weighted by atomic mass is 10.2. The summed E-state index contributed by atoms with van der Waals surface area (Å²) in [7, 11) is 0. The van der Waals surface area contributed by atoms with Crippen LogP contribution < -0.4 is 4.74 Å². The fourth-order valence-electron chi connectivity index (χ4n) is 0.916. The largest absolute Gasteiger partial charge is 0.478 e.